The molecule has 0 unspecified atom stereocenters. The van der Waals surface area contributed by atoms with Gasteiger partial charge in [-0.15, -0.1) is 9.94 Å². The average Bonchev–Trinajstić information content (AvgIpc) is 3.00. The summed E-state index contributed by atoms with van der Waals surface area (Å²) < 4.78 is 0. The SMILES string of the molecule is Nc1ccccc1-c1ccc(COn2cccn2)cc1. The van der Waals surface area contributed by atoms with Crippen molar-refractivity contribution in [1.82, 2.24) is 9.94 Å². The molecule has 0 bridgehead atoms. The average molecular weight is 265 g/mol. The van der Waals surface area contributed by atoms with Crippen molar-refractivity contribution < 1.29 is 4.84 Å². The first-order valence-electron chi connectivity index (χ1n) is 6.40. The summed E-state index contributed by atoms with van der Waals surface area (Å²) in [6.45, 7) is 0.478. The predicted molar refractivity (Wildman–Crippen MR) is 78.8 cm³/mol. The van der Waals surface area contributed by atoms with E-state index in [2.05, 4.69) is 5.10 Å². The lowest BCUT2D eigenvalue weighted by atomic mass is 10.0. The van der Waals surface area contributed by atoms with E-state index < -0.39 is 0 Å². The highest BCUT2D eigenvalue weighted by molar-refractivity contribution is 5.76. The molecule has 20 heavy (non-hydrogen) atoms. The van der Waals surface area contributed by atoms with E-state index in [0.29, 0.717) is 6.61 Å². The molecule has 0 aliphatic heterocycles. The molecular formula is C16H15N3O. The van der Waals surface area contributed by atoms with Crippen molar-refractivity contribution in [2.45, 2.75) is 6.61 Å². The molecule has 0 aliphatic rings. The third-order valence-electron chi connectivity index (χ3n) is 3.07. The van der Waals surface area contributed by atoms with Gasteiger partial charge in [-0.2, -0.15) is 0 Å². The molecule has 0 atom stereocenters. The Morgan fingerprint density at radius 2 is 1.80 bits per heavy atom. The fourth-order valence-corrected chi connectivity index (χ4v) is 2.01. The van der Waals surface area contributed by atoms with Crippen LogP contribution in [0.1, 0.15) is 5.56 Å². The van der Waals surface area contributed by atoms with Gasteiger partial charge in [0.2, 0.25) is 0 Å². The van der Waals surface area contributed by atoms with Crippen LogP contribution < -0.4 is 10.6 Å². The number of para-hydroxylation sites is 1. The first-order chi connectivity index (χ1) is 9.83. The van der Waals surface area contributed by atoms with E-state index in [9.17, 15) is 0 Å². The number of anilines is 1. The van der Waals surface area contributed by atoms with E-state index in [4.69, 9.17) is 10.6 Å². The number of rotatable bonds is 4. The van der Waals surface area contributed by atoms with Crippen molar-refractivity contribution >= 4 is 5.69 Å². The van der Waals surface area contributed by atoms with Crippen molar-refractivity contribution in [3.8, 4) is 11.1 Å². The maximum absolute atomic E-state index is 5.98. The van der Waals surface area contributed by atoms with Gasteiger partial charge in [0.15, 0.2) is 0 Å². The Morgan fingerprint density at radius 1 is 1.00 bits per heavy atom. The smallest absolute Gasteiger partial charge is 0.142 e. The van der Waals surface area contributed by atoms with Crippen LogP contribution in [0.25, 0.3) is 11.1 Å². The molecule has 2 N–H and O–H groups in total. The molecule has 0 fully saturated rings. The zero-order valence-electron chi connectivity index (χ0n) is 10.9. The van der Waals surface area contributed by atoms with Gasteiger partial charge in [-0.1, -0.05) is 42.5 Å². The van der Waals surface area contributed by atoms with Crippen LogP contribution in [-0.4, -0.2) is 9.94 Å². The quantitative estimate of drug-likeness (QED) is 0.738. The van der Waals surface area contributed by atoms with Gasteiger partial charge in [0.05, 0.1) is 12.4 Å². The standard InChI is InChI=1S/C16H15N3O/c17-16-5-2-1-4-15(16)14-8-6-13(7-9-14)12-20-19-11-3-10-18-19/h1-11H,12,17H2. The second-order valence-electron chi connectivity index (χ2n) is 4.47. The Morgan fingerprint density at radius 3 is 2.50 bits per heavy atom. The Balaban J connectivity index is 1.73. The van der Waals surface area contributed by atoms with Crippen LogP contribution in [0.15, 0.2) is 67.0 Å². The summed E-state index contributed by atoms with van der Waals surface area (Å²) in [5.74, 6) is 0. The zero-order chi connectivity index (χ0) is 13.8. The number of nitrogens with two attached hydrogens (primary N) is 1. The summed E-state index contributed by atoms with van der Waals surface area (Å²) in [5, 5.41) is 3.99. The Bertz CT molecular complexity index is 675. The van der Waals surface area contributed by atoms with Gasteiger partial charge >= 0.3 is 0 Å². The van der Waals surface area contributed by atoms with Gasteiger partial charge in [0, 0.05) is 11.3 Å². The number of hydrogen-bond donors (Lipinski definition) is 1. The van der Waals surface area contributed by atoms with E-state index in [-0.39, 0.29) is 0 Å². The number of nitrogens with zero attached hydrogens (tertiary/aromatic N) is 2. The minimum atomic E-state index is 0.478. The first-order valence-corrected chi connectivity index (χ1v) is 6.40. The van der Waals surface area contributed by atoms with Crippen molar-refractivity contribution in [2.24, 2.45) is 0 Å². The lowest BCUT2D eigenvalue weighted by Crippen LogP contribution is -2.11. The number of nitrogen functional groups attached to an aromatic ring is 1. The van der Waals surface area contributed by atoms with Gasteiger partial charge in [-0.05, 0) is 23.3 Å². The van der Waals surface area contributed by atoms with E-state index in [0.717, 1.165) is 22.4 Å². The lowest BCUT2D eigenvalue weighted by molar-refractivity contribution is 0.0700. The molecule has 1 heterocycles. The highest BCUT2D eigenvalue weighted by Gasteiger charge is 2.02. The molecule has 0 aliphatic carbocycles. The maximum Gasteiger partial charge on any atom is 0.142 e. The lowest BCUT2D eigenvalue weighted by Gasteiger charge is -2.08. The first kappa shape index (κ1) is 12.3. The third-order valence-corrected chi connectivity index (χ3v) is 3.07. The summed E-state index contributed by atoms with van der Waals surface area (Å²) >= 11 is 0. The van der Waals surface area contributed by atoms with Crippen LogP contribution in [0.2, 0.25) is 0 Å². The summed E-state index contributed by atoms with van der Waals surface area (Å²) in [5.41, 5.74) is 10.00. The predicted octanol–water partition coefficient (Wildman–Crippen LogP) is 2.76. The van der Waals surface area contributed by atoms with Crippen LogP contribution in [0.4, 0.5) is 5.69 Å². The Labute approximate surface area is 117 Å². The monoisotopic (exact) mass is 265 g/mol. The van der Waals surface area contributed by atoms with Crippen molar-refractivity contribution in [1.29, 1.82) is 0 Å². The molecule has 0 saturated carbocycles. The molecule has 4 heteroatoms. The molecule has 0 spiro atoms. The van der Waals surface area contributed by atoms with Gasteiger partial charge in [-0.25, -0.2) is 0 Å². The summed E-state index contributed by atoms with van der Waals surface area (Å²) in [6.07, 6.45) is 3.44. The van der Waals surface area contributed by atoms with Gasteiger partial charge in [-0.3, -0.25) is 0 Å². The summed E-state index contributed by atoms with van der Waals surface area (Å²) in [7, 11) is 0. The second kappa shape index (κ2) is 5.48. The number of benzene rings is 2. The third kappa shape index (κ3) is 2.64. The molecule has 100 valence electrons. The zero-order valence-corrected chi connectivity index (χ0v) is 10.9. The van der Waals surface area contributed by atoms with E-state index in [1.807, 2.05) is 54.6 Å². The van der Waals surface area contributed by atoms with Crippen LogP contribution in [-0.2, 0) is 6.61 Å². The van der Waals surface area contributed by atoms with E-state index in [1.165, 1.54) is 4.85 Å². The van der Waals surface area contributed by atoms with Crippen molar-refractivity contribution in [3.05, 3.63) is 72.6 Å². The van der Waals surface area contributed by atoms with Gasteiger partial charge < -0.3 is 10.6 Å². The summed E-state index contributed by atoms with van der Waals surface area (Å²) in [4.78, 5) is 6.93. The summed E-state index contributed by atoms with van der Waals surface area (Å²) in [6, 6.07) is 17.8. The molecule has 3 rings (SSSR count). The molecular weight excluding hydrogens is 250 g/mol. The van der Waals surface area contributed by atoms with E-state index in [1.54, 1.807) is 12.4 Å². The fraction of sp³-hybridized carbons (Fsp3) is 0.0625. The van der Waals surface area contributed by atoms with Gasteiger partial charge in [0.1, 0.15) is 6.61 Å². The molecule has 4 nitrogen and oxygen atoms in total. The molecule has 0 amide bonds. The Kier molecular flexibility index (Phi) is 3.37. The van der Waals surface area contributed by atoms with Crippen molar-refractivity contribution in [2.75, 3.05) is 5.73 Å². The van der Waals surface area contributed by atoms with Crippen LogP contribution in [0.5, 0.6) is 0 Å². The highest BCUT2D eigenvalue weighted by atomic mass is 16.7. The van der Waals surface area contributed by atoms with Gasteiger partial charge in [0.25, 0.3) is 0 Å². The molecule has 1 aromatic heterocycles. The number of aromatic nitrogens is 2. The minimum Gasteiger partial charge on any atom is -0.398 e. The van der Waals surface area contributed by atoms with E-state index >= 15 is 0 Å². The molecule has 0 saturated heterocycles. The molecule has 2 aromatic carbocycles. The van der Waals surface area contributed by atoms with Crippen LogP contribution >= 0.6 is 0 Å². The van der Waals surface area contributed by atoms with Crippen molar-refractivity contribution in [3.63, 3.8) is 0 Å². The second-order valence-corrected chi connectivity index (χ2v) is 4.47. The maximum atomic E-state index is 5.98. The number of hydrogen-bond acceptors (Lipinski definition) is 3. The normalized spacial score (nSPS) is 10.4. The molecule has 0 radical (unpaired) electrons. The van der Waals surface area contributed by atoms with Crippen LogP contribution in [0, 0.1) is 0 Å². The fourth-order valence-electron chi connectivity index (χ4n) is 2.01. The Hall–Kier alpha value is -2.75. The van der Waals surface area contributed by atoms with Crippen LogP contribution in [0.3, 0.4) is 0 Å². The largest absolute Gasteiger partial charge is 0.398 e. The highest BCUT2D eigenvalue weighted by Crippen LogP contribution is 2.25. The topological polar surface area (TPSA) is 53.1 Å². The minimum absolute atomic E-state index is 0.478. The molecule has 3 aromatic rings.